The van der Waals surface area contributed by atoms with Crippen LogP contribution in [0, 0.1) is 0 Å². The van der Waals surface area contributed by atoms with E-state index < -0.39 is 28.4 Å². The summed E-state index contributed by atoms with van der Waals surface area (Å²) in [4.78, 5) is 12.2. The van der Waals surface area contributed by atoms with E-state index in [2.05, 4.69) is 0 Å². The summed E-state index contributed by atoms with van der Waals surface area (Å²) in [7, 11) is 0. The molecule has 0 unspecified atom stereocenters. The van der Waals surface area contributed by atoms with E-state index in [0.29, 0.717) is 0 Å². The molecule has 0 saturated carbocycles. The summed E-state index contributed by atoms with van der Waals surface area (Å²) in [6.07, 6.45) is 0. The third-order valence-corrected chi connectivity index (χ3v) is 2.92. The molecule has 0 radical (unpaired) electrons. The van der Waals surface area contributed by atoms with Gasteiger partial charge in [-0.15, -0.1) is 0 Å². The Bertz CT molecular complexity index is 878. The first-order valence-electron chi connectivity index (χ1n) is 5.33. The van der Waals surface area contributed by atoms with E-state index in [1.807, 2.05) is 0 Å². The van der Waals surface area contributed by atoms with E-state index in [9.17, 15) is 25.2 Å². The maximum Gasteiger partial charge on any atom is 0.208 e. The van der Waals surface area contributed by atoms with E-state index in [-0.39, 0.29) is 21.9 Å². The smallest absolute Gasteiger partial charge is 0.208 e. The van der Waals surface area contributed by atoms with Gasteiger partial charge in [0.25, 0.3) is 0 Å². The van der Waals surface area contributed by atoms with Gasteiger partial charge in [-0.3, -0.25) is 4.79 Å². The monoisotopic (exact) mass is 260 g/mol. The van der Waals surface area contributed by atoms with Crippen LogP contribution < -0.4 is 5.43 Å². The van der Waals surface area contributed by atoms with Gasteiger partial charge < -0.3 is 24.8 Å². The molecule has 0 spiro atoms. The molecule has 0 aliphatic carbocycles. The summed E-state index contributed by atoms with van der Waals surface area (Å²) < 4.78 is 5.29. The van der Waals surface area contributed by atoms with Crippen LogP contribution in [0.3, 0.4) is 0 Å². The molecule has 3 aromatic rings. The fourth-order valence-corrected chi connectivity index (χ4v) is 1.97. The van der Waals surface area contributed by atoms with Gasteiger partial charge in [0.2, 0.25) is 22.7 Å². The Kier molecular flexibility index (Phi) is 2.10. The largest absolute Gasteiger partial charge is 0.504 e. The lowest BCUT2D eigenvalue weighted by atomic mass is 10.1. The van der Waals surface area contributed by atoms with Crippen molar-refractivity contribution in [2.45, 2.75) is 0 Å². The van der Waals surface area contributed by atoms with Gasteiger partial charge in [-0.2, -0.15) is 0 Å². The minimum absolute atomic E-state index is 0.190. The van der Waals surface area contributed by atoms with Crippen LogP contribution in [0.25, 0.3) is 21.9 Å². The lowest BCUT2D eigenvalue weighted by Gasteiger charge is -2.08. The zero-order valence-electron chi connectivity index (χ0n) is 9.41. The van der Waals surface area contributed by atoms with E-state index in [1.165, 1.54) is 12.1 Å². The van der Waals surface area contributed by atoms with Crippen molar-refractivity contribution in [1.82, 2.24) is 0 Å². The van der Waals surface area contributed by atoms with Crippen LogP contribution in [-0.4, -0.2) is 20.4 Å². The Morgan fingerprint density at radius 2 is 1.47 bits per heavy atom. The second-order valence-corrected chi connectivity index (χ2v) is 4.03. The molecule has 2 aromatic carbocycles. The van der Waals surface area contributed by atoms with Gasteiger partial charge >= 0.3 is 0 Å². The van der Waals surface area contributed by atoms with E-state index in [4.69, 9.17) is 4.42 Å². The predicted octanol–water partition coefficient (Wildman–Crippen LogP) is 1.77. The molecule has 1 heterocycles. The van der Waals surface area contributed by atoms with Crippen LogP contribution in [0.4, 0.5) is 0 Å². The standard InChI is InChI=1S/C13H8O6/c14-8-5-3-1-2-4-6(5)19-13-7(8)9(15)10(16)11(17)12(13)18/h1-4,15-18H. The number of benzene rings is 2. The van der Waals surface area contributed by atoms with Crippen molar-refractivity contribution in [1.29, 1.82) is 0 Å². The molecule has 19 heavy (non-hydrogen) atoms. The van der Waals surface area contributed by atoms with Gasteiger partial charge in [0, 0.05) is 0 Å². The van der Waals surface area contributed by atoms with Gasteiger partial charge in [0.15, 0.2) is 11.3 Å². The lowest BCUT2D eigenvalue weighted by molar-refractivity contribution is 0.347. The van der Waals surface area contributed by atoms with Gasteiger partial charge in [0.1, 0.15) is 11.0 Å². The first-order chi connectivity index (χ1) is 9.02. The molecule has 0 bridgehead atoms. The summed E-state index contributed by atoms with van der Waals surface area (Å²) in [5, 5.41) is 38.1. The summed E-state index contributed by atoms with van der Waals surface area (Å²) >= 11 is 0. The first-order valence-corrected chi connectivity index (χ1v) is 5.33. The molecule has 0 amide bonds. The van der Waals surface area contributed by atoms with Crippen LogP contribution in [0.15, 0.2) is 33.5 Å². The van der Waals surface area contributed by atoms with Crippen molar-refractivity contribution >= 4 is 21.9 Å². The maximum atomic E-state index is 12.2. The second kappa shape index (κ2) is 3.55. The number of fused-ring (bicyclic) bond motifs is 2. The van der Waals surface area contributed by atoms with E-state index in [0.717, 1.165) is 0 Å². The molecule has 0 atom stereocenters. The van der Waals surface area contributed by atoms with Crippen molar-refractivity contribution in [3.8, 4) is 23.0 Å². The van der Waals surface area contributed by atoms with Gasteiger partial charge in [-0.05, 0) is 12.1 Å². The molecular formula is C13H8O6. The molecule has 0 fully saturated rings. The predicted molar refractivity (Wildman–Crippen MR) is 66.6 cm³/mol. The van der Waals surface area contributed by atoms with Crippen molar-refractivity contribution in [2.24, 2.45) is 0 Å². The Hall–Kier alpha value is -2.89. The summed E-state index contributed by atoms with van der Waals surface area (Å²) in [6, 6.07) is 6.24. The van der Waals surface area contributed by atoms with E-state index in [1.54, 1.807) is 12.1 Å². The summed E-state index contributed by atoms with van der Waals surface area (Å²) in [5.74, 6) is -3.53. The highest BCUT2D eigenvalue weighted by atomic mass is 16.4. The molecule has 6 heteroatoms. The third kappa shape index (κ3) is 1.33. The van der Waals surface area contributed by atoms with Crippen molar-refractivity contribution in [3.63, 3.8) is 0 Å². The highest BCUT2D eigenvalue weighted by Crippen LogP contribution is 2.47. The average molecular weight is 260 g/mol. The average Bonchev–Trinajstić information content (AvgIpc) is 2.43. The molecular weight excluding hydrogens is 252 g/mol. The van der Waals surface area contributed by atoms with Crippen LogP contribution in [0.2, 0.25) is 0 Å². The van der Waals surface area contributed by atoms with Crippen molar-refractivity contribution in [2.75, 3.05) is 0 Å². The first kappa shape index (κ1) is 11.2. The number of phenols is 4. The molecule has 4 N–H and O–H groups in total. The molecule has 0 saturated heterocycles. The van der Waals surface area contributed by atoms with Gasteiger partial charge in [-0.25, -0.2) is 0 Å². The van der Waals surface area contributed by atoms with Crippen LogP contribution >= 0.6 is 0 Å². The van der Waals surface area contributed by atoms with E-state index >= 15 is 0 Å². The topological polar surface area (TPSA) is 111 Å². The van der Waals surface area contributed by atoms with Crippen molar-refractivity contribution < 1.29 is 24.8 Å². The molecule has 0 aliphatic rings. The number of phenolic OH excluding ortho intramolecular Hbond substituents is 4. The Morgan fingerprint density at radius 1 is 0.842 bits per heavy atom. The molecule has 0 aliphatic heterocycles. The third-order valence-electron chi connectivity index (χ3n) is 2.92. The molecule has 96 valence electrons. The lowest BCUT2D eigenvalue weighted by Crippen LogP contribution is -2.02. The SMILES string of the molecule is O=c1c2ccccc2oc2c(O)c(O)c(O)c(O)c12. The summed E-state index contributed by atoms with van der Waals surface area (Å²) in [5.41, 5.74) is -0.795. The minimum atomic E-state index is -0.965. The van der Waals surface area contributed by atoms with Crippen molar-refractivity contribution in [3.05, 3.63) is 34.5 Å². The Balaban J connectivity index is 2.71. The quantitative estimate of drug-likeness (QED) is 0.278. The van der Waals surface area contributed by atoms with Crippen LogP contribution in [0.5, 0.6) is 23.0 Å². The summed E-state index contributed by atoms with van der Waals surface area (Å²) in [6.45, 7) is 0. The number of para-hydroxylation sites is 1. The Morgan fingerprint density at radius 3 is 2.21 bits per heavy atom. The number of aromatic hydroxyl groups is 4. The molecule has 6 nitrogen and oxygen atoms in total. The number of rotatable bonds is 0. The second-order valence-electron chi connectivity index (χ2n) is 4.03. The normalized spacial score (nSPS) is 11.2. The van der Waals surface area contributed by atoms with Crippen LogP contribution in [-0.2, 0) is 0 Å². The maximum absolute atomic E-state index is 12.2. The van der Waals surface area contributed by atoms with Crippen LogP contribution in [0.1, 0.15) is 0 Å². The van der Waals surface area contributed by atoms with Gasteiger partial charge in [0.05, 0.1) is 5.39 Å². The Labute approximate surface area is 105 Å². The molecule has 3 rings (SSSR count). The minimum Gasteiger partial charge on any atom is -0.504 e. The fourth-order valence-electron chi connectivity index (χ4n) is 1.97. The van der Waals surface area contributed by atoms with Gasteiger partial charge in [-0.1, -0.05) is 12.1 Å². The number of hydrogen-bond acceptors (Lipinski definition) is 6. The highest BCUT2D eigenvalue weighted by Gasteiger charge is 2.23. The zero-order chi connectivity index (χ0) is 13.7. The molecule has 1 aromatic heterocycles. The number of hydrogen-bond donors (Lipinski definition) is 4. The highest BCUT2D eigenvalue weighted by molar-refractivity contribution is 5.99. The zero-order valence-corrected chi connectivity index (χ0v) is 9.41. The fraction of sp³-hybridized carbons (Fsp3) is 0.